The van der Waals surface area contributed by atoms with Crippen molar-refractivity contribution in [1.29, 1.82) is 0 Å². The average Bonchev–Trinajstić information content (AvgIpc) is 3.35. The van der Waals surface area contributed by atoms with E-state index in [4.69, 9.17) is 9.47 Å². The van der Waals surface area contributed by atoms with Crippen LogP contribution in [-0.4, -0.2) is 65.8 Å². The van der Waals surface area contributed by atoms with Crippen LogP contribution in [0.4, 0.5) is 4.39 Å². The predicted molar refractivity (Wildman–Crippen MR) is 137 cm³/mol. The molecular formula is C27H30FN5O5. The van der Waals surface area contributed by atoms with Gasteiger partial charge in [-0.25, -0.2) is 4.39 Å². The molecule has 0 radical (unpaired) electrons. The van der Waals surface area contributed by atoms with E-state index in [9.17, 15) is 18.8 Å². The molecule has 3 amide bonds. The van der Waals surface area contributed by atoms with Crippen LogP contribution in [0.2, 0.25) is 0 Å². The summed E-state index contributed by atoms with van der Waals surface area (Å²) in [6, 6.07) is 12.8. The first-order valence-corrected chi connectivity index (χ1v) is 12.0. The molecule has 38 heavy (non-hydrogen) atoms. The number of halogens is 1. The fraction of sp³-hybridized carbons (Fsp3) is 0.333. The molecular weight excluding hydrogens is 493 g/mol. The van der Waals surface area contributed by atoms with Gasteiger partial charge in [0.15, 0.2) is 17.2 Å². The van der Waals surface area contributed by atoms with Crippen LogP contribution in [0.1, 0.15) is 39.0 Å². The Kier molecular flexibility index (Phi) is 7.65. The Labute approximate surface area is 219 Å². The largest absolute Gasteiger partial charge is 0.493 e. The summed E-state index contributed by atoms with van der Waals surface area (Å²) in [5, 5.41) is 9.94. The monoisotopic (exact) mass is 523 g/mol. The number of carbonyl (C=O) groups excluding carboxylic acids is 3. The number of methoxy groups -OCH3 is 2. The van der Waals surface area contributed by atoms with E-state index in [1.165, 1.54) is 27.8 Å². The fourth-order valence-electron chi connectivity index (χ4n) is 4.26. The first-order chi connectivity index (χ1) is 18.2. The summed E-state index contributed by atoms with van der Waals surface area (Å²) in [4.78, 5) is 40.3. The number of carbonyl (C=O) groups is 3. The number of nitrogens with zero attached hydrogens (tertiary/aromatic N) is 3. The van der Waals surface area contributed by atoms with Gasteiger partial charge in [0.05, 0.1) is 20.8 Å². The van der Waals surface area contributed by atoms with Gasteiger partial charge in [0, 0.05) is 26.2 Å². The highest BCUT2D eigenvalue weighted by Gasteiger charge is 2.46. The van der Waals surface area contributed by atoms with E-state index in [1.54, 1.807) is 46.4 Å². The predicted octanol–water partition coefficient (Wildman–Crippen LogP) is 2.17. The van der Waals surface area contributed by atoms with Crippen LogP contribution in [0, 0.1) is 5.82 Å². The quantitative estimate of drug-likeness (QED) is 0.444. The minimum absolute atomic E-state index is 0.0682. The van der Waals surface area contributed by atoms with Gasteiger partial charge in [-0.3, -0.25) is 19.1 Å². The standard InChI is InChI=1S/C27H30FN5O5/c1-27(26(36)30-15-18-5-8-19(28)9-6-18)16-33-21(25(35)32(27)2)14-20(31-33)24(34)29-12-11-17-7-10-22(37-3)23(13-17)38-4/h5-10,13-14H,11-12,15-16H2,1-4H3,(H,29,34)(H,30,36)/t27-/m0/s1. The van der Waals surface area contributed by atoms with Crippen molar-refractivity contribution in [2.45, 2.75) is 32.0 Å². The van der Waals surface area contributed by atoms with Crippen molar-refractivity contribution in [3.8, 4) is 11.5 Å². The van der Waals surface area contributed by atoms with Gasteiger partial charge >= 0.3 is 0 Å². The zero-order valence-electron chi connectivity index (χ0n) is 21.7. The van der Waals surface area contributed by atoms with Gasteiger partial charge in [-0.05, 0) is 48.7 Å². The third kappa shape index (κ3) is 5.31. The first kappa shape index (κ1) is 26.6. The second-order valence-corrected chi connectivity index (χ2v) is 9.21. The van der Waals surface area contributed by atoms with Crippen molar-refractivity contribution in [1.82, 2.24) is 25.3 Å². The maximum Gasteiger partial charge on any atom is 0.272 e. The van der Waals surface area contributed by atoms with Crippen LogP contribution in [0.3, 0.4) is 0 Å². The molecule has 2 aromatic carbocycles. The molecule has 2 N–H and O–H groups in total. The summed E-state index contributed by atoms with van der Waals surface area (Å²) in [7, 11) is 4.66. The van der Waals surface area contributed by atoms with E-state index in [0.717, 1.165) is 11.1 Å². The van der Waals surface area contributed by atoms with Crippen LogP contribution in [-0.2, 0) is 24.3 Å². The van der Waals surface area contributed by atoms with E-state index in [1.807, 2.05) is 12.1 Å². The van der Waals surface area contributed by atoms with Crippen molar-refractivity contribution in [2.24, 2.45) is 0 Å². The SMILES string of the molecule is COc1ccc(CCNC(=O)c2cc3n(n2)C[C@@](C)(C(=O)NCc2ccc(F)cc2)N(C)C3=O)cc1OC. The topological polar surface area (TPSA) is 115 Å². The number of fused-ring (bicyclic) bond motifs is 1. The fourth-order valence-corrected chi connectivity index (χ4v) is 4.26. The van der Waals surface area contributed by atoms with Gasteiger partial charge in [-0.2, -0.15) is 5.10 Å². The lowest BCUT2D eigenvalue weighted by atomic mass is 9.96. The number of hydrogen-bond donors (Lipinski definition) is 2. The van der Waals surface area contributed by atoms with Gasteiger partial charge < -0.3 is 25.0 Å². The molecule has 1 aliphatic heterocycles. The van der Waals surface area contributed by atoms with E-state index in [-0.39, 0.29) is 36.2 Å². The summed E-state index contributed by atoms with van der Waals surface area (Å²) in [6.45, 7) is 2.22. The highest BCUT2D eigenvalue weighted by atomic mass is 19.1. The van der Waals surface area contributed by atoms with Crippen LogP contribution < -0.4 is 20.1 Å². The first-order valence-electron chi connectivity index (χ1n) is 12.0. The molecule has 11 heteroatoms. The normalized spacial score (nSPS) is 16.6. The number of hydrogen-bond acceptors (Lipinski definition) is 6. The molecule has 0 aliphatic carbocycles. The summed E-state index contributed by atoms with van der Waals surface area (Å²) in [5.41, 5.74) is 0.745. The molecule has 0 fully saturated rings. The molecule has 1 aliphatic rings. The smallest absolute Gasteiger partial charge is 0.272 e. The molecule has 0 spiro atoms. The van der Waals surface area contributed by atoms with Crippen molar-refractivity contribution >= 4 is 17.7 Å². The Morgan fingerprint density at radius 2 is 1.71 bits per heavy atom. The van der Waals surface area contributed by atoms with Gasteiger partial charge in [0.1, 0.15) is 17.1 Å². The summed E-state index contributed by atoms with van der Waals surface area (Å²) >= 11 is 0. The molecule has 0 bridgehead atoms. The van der Waals surface area contributed by atoms with Crippen molar-refractivity contribution in [3.63, 3.8) is 0 Å². The van der Waals surface area contributed by atoms with Crippen molar-refractivity contribution in [2.75, 3.05) is 27.8 Å². The molecule has 200 valence electrons. The average molecular weight is 524 g/mol. The van der Waals surface area contributed by atoms with E-state index >= 15 is 0 Å². The zero-order chi connectivity index (χ0) is 27.4. The molecule has 0 saturated heterocycles. The second-order valence-electron chi connectivity index (χ2n) is 9.21. The third-order valence-corrected chi connectivity index (χ3v) is 6.74. The Hall–Kier alpha value is -4.41. The van der Waals surface area contributed by atoms with Gasteiger partial charge in [0.2, 0.25) is 5.91 Å². The Morgan fingerprint density at radius 3 is 2.39 bits per heavy atom. The Balaban J connectivity index is 1.40. The molecule has 3 aromatic rings. The Bertz CT molecular complexity index is 1360. The van der Waals surface area contributed by atoms with Gasteiger partial charge in [0.25, 0.3) is 11.8 Å². The van der Waals surface area contributed by atoms with E-state index in [2.05, 4.69) is 15.7 Å². The van der Waals surface area contributed by atoms with Crippen LogP contribution in [0.15, 0.2) is 48.5 Å². The minimum Gasteiger partial charge on any atom is -0.493 e. The number of amides is 3. The number of ether oxygens (including phenoxy) is 2. The minimum atomic E-state index is -1.24. The van der Waals surface area contributed by atoms with E-state index in [0.29, 0.717) is 24.5 Å². The van der Waals surface area contributed by atoms with E-state index < -0.39 is 17.4 Å². The molecule has 0 saturated carbocycles. The molecule has 2 heterocycles. The molecule has 4 rings (SSSR count). The lowest BCUT2D eigenvalue weighted by Gasteiger charge is -2.40. The van der Waals surface area contributed by atoms with Crippen LogP contribution in [0.25, 0.3) is 0 Å². The maximum absolute atomic E-state index is 13.2. The summed E-state index contributed by atoms with van der Waals surface area (Å²) < 4.78 is 25.1. The molecule has 1 aromatic heterocycles. The molecule has 10 nitrogen and oxygen atoms in total. The lowest BCUT2D eigenvalue weighted by molar-refractivity contribution is -0.132. The molecule has 1 atom stereocenters. The number of rotatable bonds is 9. The van der Waals surface area contributed by atoms with Crippen LogP contribution >= 0.6 is 0 Å². The van der Waals surface area contributed by atoms with Crippen LogP contribution in [0.5, 0.6) is 11.5 Å². The van der Waals surface area contributed by atoms with Crippen molar-refractivity contribution < 1.29 is 28.2 Å². The zero-order valence-corrected chi connectivity index (χ0v) is 21.7. The summed E-state index contributed by atoms with van der Waals surface area (Å²) in [5.74, 6) is -0.380. The third-order valence-electron chi connectivity index (χ3n) is 6.74. The second kappa shape index (κ2) is 10.9. The maximum atomic E-state index is 13.2. The van der Waals surface area contributed by atoms with Crippen molar-refractivity contribution in [3.05, 3.63) is 76.9 Å². The Morgan fingerprint density at radius 1 is 1.03 bits per heavy atom. The van der Waals surface area contributed by atoms with Gasteiger partial charge in [-0.15, -0.1) is 0 Å². The number of aromatic nitrogens is 2. The lowest BCUT2D eigenvalue weighted by Crippen LogP contribution is -2.62. The number of likely N-dealkylation sites (N-methyl/N-ethyl adjacent to an activating group) is 1. The molecule has 0 unspecified atom stereocenters. The highest BCUT2D eigenvalue weighted by molar-refractivity contribution is 6.01. The summed E-state index contributed by atoms with van der Waals surface area (Å²) in [6.07, 6.45) is 0.549. The number of nitrogens with one attached hydrogen (secondary N) is 2. The highest BCUT2D eigenvalue weighted by Crippen LogP contribution is 2.28. The number of benzene rings is 2. The van der Waals surface area contributed by atoms with Gasteiger partial charge in [-0.1, -0.05) is 18.2 Å².